The van der Waals surface area contributed by atoms with Crippen LogP contribution in [-0.2, 0) is 6.54 Å². The van der Waals surface area contributed by atoms with Crippen molar-refractivity contribution in [3.05, 3.63) is 33.6 Å². The lowest BCUT2D eigenvalue weighted by Gasteiger charge is -2.02. The van der Waals surface area contributed by atoms with Crippen molar-refractivity contribution in [1.29, 1.82) is 0 Å². The molecule has 0 radical (unpaired) electrons. The second-order valence-electron chi connectivity index (χ2n) is 3.35. The largest absolute Gasteiger partial charge is 0.384 e. The number of rotatable bonds is 2. The van der Waals surface area contributed by atoms with Crippen LogP contribution in [0.5, 0.6) is 0 Å². The van der Waals surface area contributed by atoms with E-state index in [9.17, 15) is 0 Å². The fraction of sp³-hybridized carbons (Fsp3) is 0.300. The number of hydrogen-bond donors (Lipinski definition) is 1. The Labute approximate surface area is 87.2 Å². The summed E-state index contributed by atoms with van der Waals surface area (Å²) in [6, 6.07) is 4.01. The molecule has 2 rings (SSSR count). The number of aryl methyl sites for hydroxylation is 2. The fourth-order valence-electron chi connectivity index (χ4n) is 1.48. The Morgan fingerprint density at radius 1 is 1.50 bits per heavy atom. The highest BCUT2D eigenvalue weighted by Gasteiger charge is 2.05. The van der Waals surface area contributed by atoms with E-state index in [-0.39, 0.29) is 0 Å². The zero-order valence-electron chi connectivity index (χ0n) is 8.32. The van der Waals surface area contributed by atoms with Crippen LogP contribution in [0.1, 0.15) is 15.3 Å². The van der Waals surface area contributed by atoms with Crippen LogP contribution in [0.3, 0.4) is 0 Å². The highest BCUT2D eigenvalue weighted by molar-refractivity contribution is 7.12. The first-order valence-electron chi connectivity index (χ1n) is 4.50. The summed E-state index contributed by atoms with van der Waals surface area (Å²) in [6.45, 7) is 5.02. The SMILES string of the molecule is Cc1cc(Cn2nccc2N)c(C)s1. The number of thiophene rings is 1. The summed E-state index contributed by atoms with van der Waals surface area (Å²) in [4.78, 5) is 2.68. The quantitative estimate of drug-likeness (QED) is 0.820. The minimum absolute atomic E-state index is 0.716. The van der Waals surface area contributed by atoms with E-state index in [4.69, 9.17) is 5.73 Å². The summed E-state index contributed by atoms with van der Waals surface area (Å²) < 4.78 is 1.81. The van der Waals surface area contributed by atoms with Crippen LogP contribution in [0, 0.1) is 13.8 Å². The third kappa shape index (κ3) is 1.65. The highest BCUT2D eigenvalue weighted by atomic mass is 32.1. The molecule has 3 nitrogen and oxygen atoms in total. The molecule has 0 saturated heterocycles. The number of aromatic nitrogens is 2. The number of hydrogen-bond acceptors (Lipinski definition) is 3. The highest BCUT2D eigenvalue weighted by Crippen LogP contribution is 2.21. The van der Waals surface area contributed by atoms with Gasteiger partial charge in [0.2, 0.25) is 0 Å². The van der Waals surface area contributed by atoms with Crippen molar-refractivity contribution in [3.63, 3.8) is 0 Å². The normalized spacial score (nSPS) is 10.7. The Morgan fingerprint density at radius 2 is 2.29 bits per heavy atom. The smallest absolute Gasteiger partial charge is 0.122 e. The van der Waals surface area contributed by atoms with Crippen LogP contribution in [0.25, 0.3) is 0 Å². The van der Waals surface area contributed by atoms with Gasteiger partial charge in [-0.3, -0.25) is 0 Å². The maximum absolute atomic E-state index is 5.75. The Balaban J connectivity index is 2.27. The second-order valence-corrected chi connectivity index (χ2v) is 4.81. The Hall–Kier alpha value is -1.29. The topological polar surface area (TPSA) is 43.8 Å². The zero-order chi connectivity index (χ0) is 10.1. The lowest BCUT2D eigenvalue weighted by atomic mass is 10.2. The van der Waals surface area contributed by atoms with Crippen LogP contribution in [0.15, 0.2) is 18.3 Å². The van der Waals surface area contributed by atoms with Crippen molar-refractivity contribution in [1.82, 2.24) is 9.78 Å². The molecule has 0 spiro atoms. The van der Waals surface area contributed by atoms with Gasteiger partial charge >= 0.3 is 0 Å². The van der Waals surface area contributed by atoms with E-state index < -0.39 is 0 Å². The van der Waals surface area contributed by atoms with Crippen LogP contribution in [0.2, 0.25) is 0 Å². The molecule has 4 heteroatoms. The molecule has 74 valence electrons. The van der Waals surface area contributed by atoms with Gasteiger partial charge in [-0.2, -0.15) is 5.10 Å². The van der Waals surface area contributed by atoms with E-state index >= 15 is 0 Å². The van der Waals surface area contributed by atoms with Crippen LogP contribution in [0.4, 0.5) is 5.82 Å². The van der Waals surface area contributed by atoms with Crippen molar-refractivity contribution in [2.24, 2.45) is 0 Å². The molecule has 0 aliphatic heterocycles. The van der Waals surface area contributed by atoms with Crippen LogP contribution < -0.4 is 5.73 Å². The molecule has 0 atom stereocenters. The Bertz CT molecular complexity index is 442. The van der Waals surface area contributed by atoms with Gasteiger partial charge in [-0.15, -0.1) is 11.3 Å². The van der Waals surface area contributed by atoms with E-state index in [0.29, 0.717) is 5.82 Å². The minimum atomic E-state index is 0.716. The van der Waals surface area contributed by atoms with Crippen molar-refractivity contribution in [2.75, 3.05) is 5.73 Å². The van der Waals surface area contributed by atoms with Gasteiger partial charge in [-0.25, -0.2) is 4.68 Å². The molecule has 2 heterocycles. The molecule has 14 heavy (non-hydrogen) atoms. The van der Waals surface area contributed by atoms with Gasteiger partial charge in [0.1, 0.15) is 5.82 Å². The molecule has 0 amide bonds. The summed E-state index contributed by atoms with van der Waals surface area (Å²) >= 11 is 1.81. The summed E-state index contributed by atoms with van der Waals surface area (Å²) in [5.74, 6) is 0.716. The standard InChI is InChI=1S/C10H13N3S/c1-7-5-9(8(2)14-7)6-13-10(11)3-4-12-13/h3-5H,6,11H2,1-2H3. The third-order valence-electron chi connectivity index (χ3n) is 2.21. The summed E-state index contributed by atoms with van der Waals surface area (Å²) in [5, 5.41) is 4.16. The molecule has 0 aliphatic carbocycles. The first-order valence-corrected chi connectivity index (χ1v) is 5.31. The summed E-state index contributed by atoms with van der Waals surface area (Å²) in [7, 11) is 0. The van der Waals surface area contributed by atoms with Crippen molar-refractivity contribution in [2.45, 2.75) is 20.4 Å². The minimum Gasteiger partial charge on any atom is -0.384 e. The summed E-state index contributed by atoms with van der Waals surface area (Å²) in [6.07, 6.45) is 1.73. The number of nitrogens with zero attached hydrogens (tertiary/aromatic N) is 2. The van der Waals surface area contributed by atoms with Gasteiger partial charge < -0.3 is 5.73 Å². The Morgan fingerprint density at radius 3 is 2.79 bits per heavy atom. The van der Waals surface area contributed by atoms with Gasteiger partial charge in [0.05, 0.1) is 12.7 Å². The molecule has 2 aromatic rings. The van der Waals surface area contributed by atoms with Crippen molar-refractivity contribution in [3.8, 4) is 0 Å². The van der Waals surface area contributed by atoms with Gasteiger partial charge in [0.25, 0.3) is 0 Å². The predicted octanol–water partition coefficient (Wildman–Crippen LogP) is 2.19. The molecule has 2 aromatic heterocycles. The van der Waals surface area contributed by atoms with Gasteiger partial charge in [0, 0.05) is 9.75 Å². The average Bonchev–Trinajstić information content (AvgIpc) is 2.62. The van der Waals surface area contributed by atoms with Gasteiger partial charge in [-0.05, 0) is 31.5 Å². The maximum Gasteiger partial charge on any atom is 0.122 e. The van der Waals surface area contributed by atoms with E-state index in [2.05, 4.69) is 25.0 Å². The van der Waals surface area contributed by atoms with E-state index in [1.807, 2.05) is 22.1 Å². The molecule has 0 aromatic carbocycles. The molecule has 0 saturated carbocycles. The van der Waals surface area contributed by atoms with Crippen LogP contribution >= 0.6 is 11.3 Å². The first-order chi connectivity index (χ1) is 6.66. The van der Waals surface area contributed by atoms with E-state index in [1.54, 1.807) is 6.20 Å². The monoisotopic (exact) mass is 207 g/mol. The van der Waals surface area contributed by atoms with Crippen molar-refractivity contribution < 1.29 is 0 Å². The van der Waals surface area contributed by atoms with Gasteiger partial charge in [0.15, 0.2) is 0 Å². The lowest BCUT2D eigenvalue weighted by Crippen LogP contribution is -2.05. The molecule has 0 unspecified atom stereocenters. The molecular formula is C10H13N3S. The molecule has 2 N–H and O–H groups in total. The first kappa shape index (κ1) is 9.27. The average molecular weight is 207 g/mol. The van der Waals surface area contributed by atoms with E-state index in [1.165, 1.54) is 15.3 Å². The predicted molar refractivity (Wildman–Crippen MR) is 59.5 cm³/mol. The zero-order valence-corrected chi connectivity index (χ0v) is 9.14. The fourth-order valence-corrected chi connectivity index (χ4v) is 2.42. The maximum atomic E-state index is 5.75. The molecule has 0 bridgehead atoms. The van der Waals surface area contributed by atoms with Crippen molar-refractivity contribution >= 4 is 17.2 Å². The third-order valence-corrected chi connectivity index (χ3v) is 3.22. The molecular weight excluding hydrogens is 194 g/mol. The molecule has 0 fully saturated rings. The number of nitrogen functional groups attached to an aromatic ring is 1. The van der Waals surface area contributed by atoms with Gasteiger partial charge in [-0.1, -0.05) is 0 Å². The summed E-state index contributed by atoms with van der Waals surface area (Å²) in [5.41, 5.74) is 7.06. The molecule has 0 aliphatic rings. The lowest BCUT2D eigenvalue weighted by molar-refractivity contribution is 0.696. The number of nitrogens with two attached hydrogens (primary N) is 1. The number of anilines is 1. The Kier molecular flexibility index (Phi) is 2.29. The second kappa shape index (κ2) is 3.46. The van der Waals surface area contributed by atoms with E-state index in [0.717, 1.165) is 6.54 Å². The van der Waals surface area contributed by atoms with Crippen LogP contribution in [-0.4, -0.2) is 9.78 Å².